The summed E-state index contributed by atoms with van der Waals surface area (Å²) in [5.74, 6) is 0.749. The van der Waals surface area contributed by atoms with Crippen molar-refractivity contribution in [3.8, 4) is 0 Å². The zero-order valence-electron chi connectivity index (χ0n) is 11.4. The number of ether oxygens (including phenoxy) is 1. The van der Waals surface area contributed by atoms with Gasteiger partial charge in [0, 0.05) is 5.75 Å². The molecular weight excluding hydrogens is 276 g/mol. The zero-order valence-corrected chi connectivity index (χ0v) is 12.2. The van der Waals surface area contributed by atoms with Gasteiger partial charge < -0.3 is 9.84 Å². The van der Waals surface area contributed by atoms with E-state index in [4.69, 9.17) is 9.84 Å². The van der Waals surface area contributed by atoms with Crippen LogP contribution in [0.4, 0.5) is 0 Å². The number of thioether (sulfide) groups is 1. The predicted octanol–water partition coefficient (Wildman–Crippen LogP) is 2.96. The monoisotopic (exact) mass is 294 g/mol. The maximum Gasteiger partial charge on any atom is 0.335 e. The van der Waals surface area contributed by atoms with Crippen LogP contribution in [0.2, 0.25) is 0 Å². The molecule has 0 saturated heterocycles. The molecule has 20 heavy (non-hydrogen) atoms. The van der Waals surface area contributed by atoms with Gasteiger partial charge in [-0.1, -0.05) is 12.1 Å². The van der Waals surface area contributed by atoms with Gasteiger partial charge in [0.15, 0.2) is 0 Å². The lowest BCUT2D eigenvalue weighted by molar-refractivity contribution is -0.141. The van der Waals surface area contributed by atoms with Crippen LogP contribution < -0.4 is 0 Å². The van der Waals surface area contributed by atoms with Crippen LogP contribution in [0.25, 0.3) is 0 Å². The van der Waals surface area contributed by atoms with Crippen molar-refractivity contribution in [3.63, 3.8) is 0 Å². The summed E-state index contributed by atoms with van der Waals surface area (Å²) in [6.07, 6.45) is 2.69. The molecule has 2 rings (SSSR count). The number of carbonyl (C=O) groups excluding carboxylic acids is 1. The van der Waals surface area contributed by atoms with Gasteiger partial charge in [-0.25, -0.2) is 4.79 Å². The molecule has 1 fully saturated rings. The predicted molar refractivity (Wildman–Crippen MR) is 77.9 cm³/mol. The Kier molecular flexibility index (Phi) is 4.70. The molecule has 0 atom stereocenters. The van der Waals surface area contributed by atoms with Gasteiger partial charge in [0.25, 0.3) is 0 Å². The van der Waals surface area contributed by atoms with E-state index in [0.717, 1.165) is 29.9 Å². The Hall–Kier alpha value is -1.49. The quantitative estimate of drug-likeness (QED) is 0.783. The fourth-order valence-electron chi connectivity index (χ4n) is 2.06. The number of carboxylic acids is 1. The number of hydrogen-bond donors (Lipinski definition) is 1. The van der Waals surface area contributed by atoms with E-state index >= 15 is 0 Å². The average Bonchev–Trinajstić information content (AvgIpc) is 3.19. The van der Waals surface area contributed by atoms with Gasteiger partial charge in [0.1, 0.15) is 0 Å². The van der Waals surface area contributed by atoms with Crippen LogP contribution in [0, 0.1) is 5.41 Å². The molecule has 1 aromatic carbocycles. The maximum atomic E-state index is 11.3. The van der Waals surface area contributed by atoms with Crippen molar-refractivity contribution in [2.45, 2.75) is 25.0 Å². The Bertz CT molecular complexity index is 491. The van der Waals surface area contributed by atoms with E-state index in [2.05, 4.69) is 0 Å². The van der Waals surface area contributed by atoms with Crippen molar-refractivity contribution in [2.75, 3.05) is 12.9 Å². The van der Waals surface area contributed by atoms with Crippen LogP contribution in [-0.2, 0) is 15.3 Å². The van der Waals surface area contributed by atoms with Gasteiger partial charge in [-0.05, 0) is 41.7 Å². The second-order valence-electron chi connectivity index (χ2n) is 5.25. The van der Waals surface area contributed by atoms with Gasteiger partial charge in [-0.15, -0.1) is 0 Å². The molecule has 108 valence electrons. The number of aromatic carboxylic acids is 1. The van der Waals surface area contributed by atoms with Crippen LogP contribution in [0.3, 0.4) is 0 Å². The highest BCUT2D eigenvalue weighted by molar-refractivity contribution is 7.98. The number of methoxy groups -OCH3 is 1. The minimum absolute atomic E-state index is 0.131. The minimum Gasteiger partial charge on any atom is -0.478 e. The first kappa shape index (κ1) is 14.9. The topological polar surface area (TPSA) is 63.6 Å². The van der Waals surface area contributed by atoms with Crippen LogP contribution >= 0.6 is 11.8 Å². The first-order valence-corrected chi connectivity index (χ1v) is 7.67. The number of carboxylic acid groups (broad SMARTS) is 1. The largest absolute Gasteiger partial charge is 0.478 e. The van der Waals surface area contributed by atoms with Crippen molar-refractivity contribution >= 4 is 23.7 Å². The second kappa shape index (κ2) is 6.31. The fourth-order valence-corrected chi connectivity index (χ4v) is 3.41. The Balaban J connectivity index is 1.78. The third-order valence-corrected chi connectivity index (χ3v) is 4.94. The van der Waals surface area contributed by atoms with Crippen molar-refractivity contribution in [1.29, 1.82) is 0 Å². The molecule has 1 N–H and O–H groups in total. The fraction of sp³-hybridized carbons (Fsp3) is 0.467. The van der Waals surface area contributed by atoms with Gasteiger partial charge in [0.05, 0.1) is 19.1 Å². The van der Waals surface area contributed by atoms with Crippen LogP contribution in [-0.4, -0.2) is 29.9 Å². The van der Waals surface area contributed by atoms with Crippen LogP contribution in [0.5, 0.6) is 0 Å². The molecule has 0 amide bonds. The minimum atomic E-state index is -0.904. The van der Waals surface area contributed by atoms with Crippen molar-refractivity contribution in [2.24, 2.45) is 5.41 Å². The van der Waals surface area contributed by atoms with E-state index in [1.165, 1.54) is 7.11 Å². The molecule has 0 radical (unpaired) electrons. The Morgan fingerprint density at radius 3 is 2.45 bits per heavy atom. The normalized spacial score (nSPS) is 15.7. The standard InChI is InChI=1S/C15H18O4S/c1-19-13(16)8-15(6-7-15)10-20-9-11-2-4-12(5-3-11)14(17)18/h2-5H,6-10H2,1H3,(H,17,18). The molecule has 1 aliphatic carbocycles. The summed E-state index contributed by atoms with van der Waals surface area (Å²) >= 11 is 1.79. The lowest BCUT2D eigenvalue weighted by Crippen LogP contribution is -2.13. The van der Waals surface area contributed by atoms with E-state index in [-0.39, 0.29) is 11.4 Å². The van der Waals surface area contributed by atoms with E-state index < -0.39 is 5.97 Å². The number of hydrogen-bond acceptors (Lipinski definition) is 4. The summed E-state index contributed by atoms with van der Waals surface area (Å²) in [6.45, 7) is 0. The molecule has 1 saturated carbocycles. The molecule has 4 nitrogen and oxygen atoms in total. The number of esters is 1. The summed E-state index contributed by atoms with van der Waals surface area (Å²) in [5.41, 5.74) is 1.55. The Labute approximate surface area is 122 Å². The second-order valence-corrected chi connectivity index (χ2v) is 6.23. The molecule has 0 unspecified atom stereocenters. The summed E-state index contributed by atoms with van der Waals surface area (Å²) in [5, 5.41) is 8.83. The summed E-state index contributed by atoms with van der Waals surface area (Å²) < 4.78 is 4.72. The molecule has 0 bridgehead atoms. The smallest absolute Gasteiger partial charge is 0.335 e. The zero-order chi connectivity index (χ0) is 14.6. The Morgan fingerprint density at radius 1 is 1.30 bits per heavy atom. The first-order chi connectivity index (χ1) is 9.54. The van der Waals surface area contributed by atoms with Crippen molar-refractivity contribution in [3.05, 3.63) is 35.4 Å². The highest BCUT2D eigenvalue weighted by atomic mass is 32.2. The lowest BCUT2D eigenvalue weighted by atomic mass is 10.1. The molecule has 0 aliphatic heterocycles. The number of benzene rings is 1. The molecule has 0 heterocycles. The molecule has 0 spiro atoms. The van der Waals surface area contributed by atoms with Crippen molar-refractivity contribution < 1.29 is 19.4 Å². The molecule has 0 aromatic heterocycles. The Morgan fingerprint density at radius 2 is 1.95 bits per heavy atom. The van der Waals surface area contributed by atoms with Gasteiger partial charge in [-0.3, -0.25) is 4.79 Å². The van der Waals surface area contributed by atoms with E-state index in [1.54, 1.807) is 23.9 Å². The van der Waals surface area contributed by atoms with Gasteiger partial charge in [-0.2, -0.15) is 11.8 Å². The molecule has 5 heteroatoms. The number of rotatable bonds is 7. The third-order valence-electron chi connectivity index (χ3n) is 3.58. The van der Waals surface area contributed by atoms with Crippen LogP contribution in [0.15, 0.2) is 24.3 Å². The third kappa shape index (κ3) is 4.00. The average molecular weight is 294 g/mol. The maximum absolute atomic E-state index is 11.3. The molecular formula is C15H18O4S. The highest BCUT2D eigenvalue weighted by Crippen LogP contribution is 2.51. The van der Waals surface area contributed by atoms with Crippen molar-refractivity contribution in [1.82, 2.24) is 0 Å². The van der Waals surface area contributed by atoms with Gasteiger partial charge >= 0.3 is 11.9 Å². The van der Waals surface area contributed by atoms with E-state index in [9.17, 15) is 9.59 Å². The lowest BCUT2D eigenvalue weighted by Gasteiger charge is -2.13. The van der Waals surface area contributed by atoms with E-state index in [0.29, 0.717) is 12.0 Å². The van der Waals surface area contributed by atoms with Gasteiger partial charge in [0.2, 0.25) is 0 Å². The SMILES string of the molecule is COC(=O)CC1(CSCc2ccc(C(=O)O)cc2)CC1. The summed E-state index contributed by atoms with van der Waals surface area (Å²) in [6, 6.07) is 6.94. The molecule has 1 aromatic rings. The molecule has 1 aliphatic rings. The number of carbonyl (C=O) groups is 2. The van der Waals surface area contributed by atoms with E-state index in [1.807, 2.05) is 12.1 Å². The first-order valence-electron chi connectivity index (χ1n) is 6.51. The highest BCUT2D eigenvalue weighted by Gasteiger charge is 2.44. The van der Waals surface area contributed by atoms with Crippen LogP contribution in [0.1, 0.15) is 35.2 Å². The summed E-state index contributed by atoms with van der Waals surface area (Å²) in [4.78, 5) is 22.1. The summed E-state index contributed by atoms with van der Waals surface area (Å²) in [7, 11) is 1.43.